The molecular formula is C16H22O5. The van der Waals surface area contributed by atoms with Gasteiger partial charge in [-0.25, -0.2) is 0 Å². The molecule has 4 aliphatic carbocycles. The number of carbonyl (C=O) groups excluding carboxylic acids is 2. The summed E-state index contributed by atoms with van der Waals surface area (Å²) in [5.74, 6) is 0.951. The first kappa shape index (κ1) is 13.6. The molecule has 1 N–H and O–H groups in total. The van der Waals surface area contributed by atoms with Gasteiger partial charge in [0.25, 0.3) is 0 Å². The number of ether oxygens (including phenoxy) is 2. The fourth-order valence-electron chi connectivity index (χ4n) is 6.43. The summed E-state index contributed by atoms with van der Waals surface area (Å²) >= 11 is 0. The zero-order chi connectivity index (χ0) is 14.9. The highest BCUT2D eigenvalue weighted by Crippen LogP contribution is 2.72. The summed E-state index contributed by atoms with van der Waals surface area (Å²) < 4.78 is 9.86. The van der Waals surface area contributed by atoms with Crippen molar-refractivity contribution in [3.05, 3.63) is 0 Å². The van der Waals surface area contributed by atoms with Gasteiger partial charge in [0.05, 0.1) is 32.2 Å². The lowest BCUT2D eigenvalue weighted by Gasteiger charge is -2.54. The normalized spacial score (nSPS) is 52.8. The Balaban J connectivity index is 1.66. The van der Waals surface area contributed by atoms with Crippen molar-refractivity contribution in [3.63, 3.8) is 0 Å². The van der Waals surface area contributed by atoms with Crippen molar-refractivity contribution >= 4 is 11.9 Å². The van der Waals surface area contributed by atoms with E-state index in [2.05, 4.69) is 0 Å². The minimum absolute atomic E-state index is 0.209. The second-order valence-corrected chi connectivity index (χ2v) is 7.20. The minimum atomic E-state index is -0.365. The van der Waals surface area contributed by atoms with Crippen LogP contribution in [0.2, 0.25) is 0 Å². The summed E-state index contributed by atoms with van der Waals surface area (Å²) in [6.45, 7) is 0. The number of rotatable bonds is 2. The second-order valence-electron chi connectivity index (χ2n) is 7.20. The first-order chi connectivity index (χ1) is 10.1. The van der Waals surface area contributed by atoms with E-state index in [-0.39, 0.29) is 41.7 Å². The van der Waals surface area contributed by atoms with Crippen LogP contribution in [0.25, 0.3) is 0 Å². The predicted octanol–water partition coefficient (Wildman–Crippen LogP) is 0.848. The largest absolute Gasteiger partial charge is 0.469 e. The number of hydrogen-bond acceptors (Lipinski definition) is 5. The summed E-state index contributed by atoms with van der Waals surface area (Å²) in [4.78, 5) is 24.2. The second kappa shape index (κ2) is 4.45. The Labute approximate surface area is 124 Å². The van der Waals surface area contributed by atoms with Crippen molar-refractivity contribution < 1.29 is 24.2 Å². The van der Waals surface area contributed by atoms with Crippen LogP contribution in [0.1, 0.15) is 19.3 Å². The zero-order valence-electron chi connectivity index (χ0n) is 12.4. The third-order valence-corrected chi connectivity index (χ3v) is 6.92. The van der Waals surface area contributed by atoms with Crippen LogP contribution in [0.15, 0.2) is 0 Å². The summed E-state index contributed by atoms with van der Waals surface area (Å²) in [7, 11) is 2.77. The molecule has 21 heavy (non-hydrogen) atoms. The maximum Gasteiger partial charge on any atom is 0.309 e. The Hall–Kier alpha value is -1.10. The summed E-state index contributed by atoms with van der Waals surface area (Å²) in [6.07, 6.45) is 2.77. The molecule has 116 valence electrons. The Kier molecular flexibility index (Phi) is 2.87. The molecule has 4 rings (SSSR count). The van der Waals surface area contributed by atoms with E-state index >= 15 is 0 Å². The SMILES string of the molecule is COC(=O)C1C(C(=O)OC)C2C3CC(C4CCC(O)C43)C12. The fraction of sp³-hybridized carbons (Fsp3) is 0.875. The van der Waals surface area contributed by atoms with Gasteiger partial charge in [0.15, 0.2) is 0 Å². The number of aliphatic hydroxyl groups excluding tert-OH is 1. The molecule has 4 saturated carbocycles. The Morgan fingerprint density at radius 3 is 2.00 bits per heavy atom. The molecule has 0 aromatic rings. The number of esters is 2. The van der Waals surface area contributed by atoms with E-state index in [1.54, 1.807) is 0 Å². The van der Waals surface area contributed by atoms with Crippen LogP contribution < -0.4 is 0 Å². The number of carbonyl (C=O) groups is 2. The van der Waals surface area contributed by atoms with E-state index in [4.69, 9.17) is 9.47 Å². The molecule has 0 amide bonds. The molecule has 2 bridgehead atoms. The third-order valence-electron chi connectivity index (χ3n) is 6.92. The standard InChI is InChI=1S/C16H22O5/c1-20-15(18)13-11-7-5-8(10-6(7)3-4-9(10)17)12(11)14(13)16(19)21-2/h6-14,17H,3-5H2,1-2H3. The molecule has 4 fully saturated rings. The van der Waals surface area contributed by atoms with Crippen molar-refractivity contribution in [1.29, 1.82) is 0 Å². The maximum absolute atomic E-state index is 12.1. The van der Waals surface area contributed by atoms with Crippen LogP contribution in [0.4, 0.5) is 0 Å². The molecule has 0 aliphatic heterocycles. The molecular weight excluding hydrogens is 272 g/mol. The van der Waals surface area contributed by atoms with Gasteiger partial charge < -0.3 is 14.6 Å². The van der Waals surface area contributed by atoms with Gasteiger partial charge in [0.1, 0.15) is 0 Å². The van der Waals surface area contributed by atoms with Crippen molar-refractivity contribution in [2.75, 3.05) is 14.2 Å². The van der Waals surface area contributed by atoms with E-state index in [0.29, 0.717) is 23.7 Å². The van der Waals surface area contributed by atoms with Gasteiger partial charge in [-0.1, -0.05) is 0 Å². The molecule has 0 heterocycles. The average Bonchev–Trinajstić information content (AvgIpc) is 3.08. The van der Waals surface area contributed by atoms with Gasteiger partial charge in [0.2, 0.25) is 0 Å². The highest BCUT2D eigenvalue weighted by atomic mass is 16.5. The van der Waals surface area contributed by atoms with Gasteiger partial charge in [-0.2, -0.15) is 0 Å². The fourth-order valence-corrected chi connectivity index (χ4v) is 6.43. The highest BCUT2D eigenvalue weighted by Gasteiger charge is 2.73. The van der Waals surface area contributed by atoms with Crippen LogP contribution in [0.5, 0.6) is 0 Å². The van der Waals surface area contributed by atoms with Crippen LogP contribution >= 0.6 is 0 Å². The molecule has 5 nitrogen and oxygen atoms in total. The van der Waals surface area contributed by atoms with Crippen LogP contribution in [-0.2, 0) is 19.1 Å². The first-order valence-corrected chi connectivity index (χ1v) is 7.93. The van der Waals surface area contributed by atoms with E-state index in [0.717, 1.165) is 19.3 Å². The highest BCUT2D eigenvalue weighted by molar-refractivity contribution is 5.85. The molecule has 5 heteroatoms. The number of methoxy groups -OCH3 is 2. The molecule has 9 atom stereocenters. The third kappa shape index (κ3) is 1.50. The number of hydrogen-bond donors (Lipinski definition) is 1. The molecule has 0 radical (unpaired) electrons. The summed E-state index contributed by atoms with van der Waals surface area (Å²) in [6, 6.07) is 0. The molecule has 0 saturated heterocycles. The van der Waals surface area contributed by atoms with Crippen molar-refractivity contribution in [2.24, 2.45) is 47.3 Å². The van der Waals surface area contributed by atoms with Gasteiger partial charge in [-0.3, -0.25) is 9.59 Å². The lowest BCUT2D eigenvalue weighted by atomic mass is 9.48. The van der Waals surface area contributed by atoms with Gasteiger partial charge in [-0.15, -0.1) is 0 Å². The monoisotopic (exact) mass is 294 g/mol. The Morgan fingerprint density at radius 2 is 1.43 bits per heavy atom. The van der Waals surface area contributed by atoms with Gasteiger partial charge in [0, 0.05) is 0 Å². The van der Waals surface area contributed by atoms with Crippen molar-refractivity contribution in [3.8, 4) is 0 Å². The van der Waals surface area contributed by atoms with Crippen LogP contribution in [-0.4, -0.2) is 37.4 Å². The van der Waals surface area contributed by atoms with Crippen LogP contribution in [0, 0.1) is 47.3 Å². The van der Waals surface area contributed by atoms with E-state index in [1.165, 1.54) is 14.2 Å². The smallest absolute Gasteiger partial charge is 0.309 e. The number of fused-ring (bicyclic) bond motifs is 8. The molecule has 0 aromatic carbocycles. The Morgan fingerprint density at radius 1 is 0.857 bits per heavy atom. The van der Waals surface area contributed by atoms with Crippen LogP contribution in [0.3, 0.4) is 0 Å². The summed E-state index contributed by atoms with van der Waals surface area (Å²) in [5.41, 5.74) is 0. The van der Waals surface area contributed by atoms with Gasteiger partial charge in [-0.05, 0) is 54.8 Å². The minimum Gasteiger partial charge on any atom is -0.469 e. The predicted molar refractivity (Wildman–Crippen MR) is 71.8 cm³/mol. The molecule has 4 aliphatic rings. The number of aliphatic hydroxyl groups is 1. The molecule has 9 unspecified atom stereocenters. The molecule has 0 aromatic heterocycles. The average molecular weight is 294 g/mol. The van der Waals surface area contributed by atoms with E-state index < -0.39 is 0 Å². The summed E-state index contributed by atoms with van der Waals surface area (Å²) in [5, 5.41) is 10.2. The van der Waals surface area contributed by atoms with Gasteiger partial charge >= 0.3 is 11.9 Å². The maximum atomic E-state index is 12.1. The first-order valence-electron chi connectivity index (χ1n) is 7.93. The zero-order valence-corrected chi connectivity index (χ0v) is 12.4. The van der Waals surface area contributed by atoms with E-state index in [1.807, 2.05) is 0 Å². The lowest BCUT2D eigenvalue weighted by Crippen LogP contribution is -2.59. The molecule has 0 spiro atoms. The van der Waals surface area contributed by atoms with Crippen molar-refractivity contribution in [1.82, 2.24) is 0 Å². The lowest BCUT2D eigenvalue weighted by molar-refractivity contribution is -0.189. The topological polar surface area (TPSA) is 72.8 Å². The quantitative estimate of drug-likeness (QED) is 0.764. The van der Waals surface area contributed by atoms with E-state index in [9.17, 15) is 14.7 Å². The Bertz CT molecular complexity index is 489. The van der Waals surface area contributed by atoms with Crippen molar-refractivity contribution in [2.45, 2.75) is 25.4 Å².